The van der Waals surface area contributed by atoms with Crippen molar-refractivity contribution in [1.82, 2.24) is 9.88 Å². The van der Waals surface area contributed by atoms with Crippen LogP contribution in [0, 0.1) is 12.8 Å². The summed E-state index contributed by atoms with van der Waals surface area (Å²) in [6, 6.07) is 1.89. The SMILES string of the molecule is Cc1cncc(C(=O)N2CCCC(CN)C2)c1.Cl.Cl. The van der Waals surface area contributed by atoms with Crippen LogP contribution in [-0.2, 0) is 0 Å². The number of aromatic nitrogens is 1. The molecular weight excluding hydrogens is 285 g/mol. The lowest BCUT2D eigenvalue weighted by Crippen LogP contribution is -2.42. The summed E-state index contributed by atoms with van der Waals surface area (Å²) in [5.74, 6) is 0.532. The van der Waals surface area contributed by atoms with Crippen LogP contribution in [0.5, 0.6) is 0 Å². The second-order valence-corrected chi connectivity index (χ2v) is 4.75. The largest absolute Gasteiger partial charge is 0.338 e. The third kappa shape index (κ3) is 4.64. The summed E-state index contributed by atoms with van der Waals surface area (Å²) in [5.41, 5.74) is 7.38. The van der Waals surface area contributed by atoms with Gasteiger partial charge in [0.25, 0.3) is 5.91 Å². The minimum absolute atomic E-state index is 0. The molecule has 0 aliphatic carbocycles. The Hall–Kier alpha value is -0.840. The van der Waals surface area contributed by atoms with Crippen LogP contribution in [-0.4, -0.2) is 35.4 Å². The summed E-state index contributed by atoms with van der Waals surface area (Å²) in [6.45, 7) is 4.23. The summed E-state index contributed by atoms with van der Waals surface area (Å²) < 4.78 is 0. The molecule has 6 heteroatoms. The summed E-state index contributed by atoms with van der Waals surface area (Å²) in [7, 11) is 0. The lowest BCUT2D eigenvalue weighted by Gasteiger charge is -2.32. The fourth-order valence-electron chi connectivity index (χ4n) is 2.30. The van der Waals surface area contributed by atoms with Crippen molar-refractivity contribution in [3.8, 4) is 0 Å². The molecule has 0 aromatic carbocycles. The van der Waals surface area contributed by atoms with E-state index in [9.17, 15) is 4.79 Å². The predicted octanol–water partition coefficient (Wildman–Crippen LogP) is 2.04. The number of aryl methyl sites for hydroxylation is 1. The number of rotatable bonds is 2. The molecule has 1 aliphatic rings. The van der Waals surface area contributed by atoms with Gasteiger partial charge in [-0.15, -0.1) is 24.8 Å². The molecule has 2 rings (SSSR count). The Morgan fingerprint density at radius 1 is 1.47 bits per heavy atom. The average Bonchev–Trinajstić information content (AvgIpc) is 2.38. The maximum atomic E-state index is 12.3. The number of hydrogen-bond acceptors (Lipinski definition) is 3. The normalized spacial score (nSPS) is 18.2. The second kappa shape index (κ2) is 8.35. The van der Waals surface area contributed by atoms with E-state index in [1.165, 1.54) is 0 Å². The lowest BCUT2D eigenvalue weighted by atomic mass is 9.98. The smallest absolute Gasteiger partial charge is 0.255 e. The van der Waals surface area contributed by atoms with Gasteiger partial charge in [0, 0.05) is 25.5 Å². The highest BCUT2D eigenvalue weighted by Gasteiger charge is 2.23. The summed E-state index contributed by atoms with van der Waals surface area (Å²) in [5, 5.41) is 0. The van der Waals surface area contributed by atoms with Crippen LogP contribution in [0.25, 0.3) is 0 Å². The number of hydrogen-bond donors (Lipinski definition) is 1. The van der Waals surface area contributed by atoms with Gasteiger partial charge in [-0.3, -0.25) is 9.78 Å². The van der Waals surface area contributed by atoms with E-state index in [2.05, 4.69) is 4.98 Å². The van der Waals surface area contributed by atoms with Gasteiger partial charge in [-0.25, -0.2) is 0 Å². The molecule has 0 radical (unpaired) electrons. The number of amides is 1. The molecule has 0 saturated carbocycles. The van der Waals surface area contributed by atoms with Crippen molar-refractivity contribution in [2.75, 3.05) is 19.6 Å². The lowest BCUT2D eigenvalue weighted by molar-refractivity contribution is 0.0677. The quantitative estimate of drug-likeness (QED) is 0.909. The molecule has 1 saturated heterocycles. The van der Waals surface area contributed by atoms with Gasteiger partial charge in [-0.2, -0.15) is 0 Å². The van der Waals surface area contributed by atoms with Gasteiger partial charge in [-0.05, 0) is 43.9 Å². The van der Waals surface area contributed by atoms with Crippen LogP contribution in [0.4, 0.5) is 0 Å². The van der Waals surface area contributed by atoms with Gasteiger partial charge < -0.3 is 10.6 Å². The van der Waals surface area contributed by atoms with Gasteiger partial charge in [0.1, 0.15) is 0 Å². The van der Waals surface area contributed by atoms with Crippen molar-refractivity contribution >= 4 is 30.7 Å². The highest BCUT2D eigenvalue weighted by atomic mass is 35.5. The van der Waals surface area contributed by atoms with Gasteiger partial charge in [0.2, 0.25) is 0 Å². The number of piperidine rings is 1. The fraction of sp³-hybridized carbons (Fsp3) is 0.538. The molecule has 2 N–H and O–H groups in total. The minimum Gasteiger partial charge on any atom is -0.338 e. The maximum Gasteiger partial charge on any atom is 0.255 e. The summed E-state index contributed by atoms with van der Waals surface area (Å²) in [6.07, 6.45) is 5.58. The van der Waals surface area contributed by atoms with Crippen LogP contribution in [0.15, 0.2) is 18.5 Å². The first kappa shape index (κ1) is 18.2. The van der Waals surface area contributed by atoms with Crippen molar-refractivity contribution in [3.05, 3.63) is 29.6 Å². The zero-order valence-electron chi connectivity index (χ0n) is 11.0. The highest BCUT2D eigenvalue weighted by Crippen LogP contribution is 2.17. The van der Waals surface area contributed by atoms with Crippen LogP contribution < -0.4 is 5.73 Å². The van der Waals surface area contributed by atoms with Crippen molar-refractivity contribution in [1.29, 1.82) is 0 Å². The number of carbonyl (C=O) groups excluding carboxylic acids is 1. The Kier molecular flexibility index (Phi) is 7.99. The molecule has 1 atom stereocenters. The first-order valence-electron chi connectivity index (χ1n) is 6.11. The molecule has 0 spiro atoms. The highest BCUT2D eigenvalue weighted by molar-refractivity contribution is 5.94. The molecule has 19 heavy (non-hydrogen) atoms. The molecule has 0 bridgehead atoms. The number of halogens is 2. The molecule has 1 aromatic rings. The Morgan fingerprint density at radius 2 is 2.21 bits per heavy atom. The molecule has 1 unspecified atom stereocenters. The number of pyridine rings is 1. The van der Waals surface area contributed by atoms with Gasteiger partial charge in [0.05, 0.1) is 5.56 Å². The summed E-state index contributed by atoms with van der Waals surface area (Å²) in [4.78, 5) is 18.2. The second-order valence-electron chi connectivity index (χ2n) is 4.75. The Labute approximate surface area is 126 Å². The van der Waals surface area contributed by atoms with Crippen molar-refractivity contribution in [3.63, 3.8) is 0 Å². The van der Waals surface area contributed by atoms with E-state index in [1.807, 2.05) is 17.9 Å². The third-order valence-electron chi connectivity index (χ3n) is 3.26. The molecule has 1 aromatic heterocycles. The topological polar surface area (TPSA) is 59.2 Å². The van der Waals surface area contributed by atoms with Gasteiger partial charge in [-0.1, -0.05) is 0 Å². The molecule has 1 aliphatic heterocycles. The predicted molar refractivity (Wildman–Crippen MR) is 81.2 cm³/mol. The van der Waals surface area contributed by atoms with E-state index in [0.717, 1.165) is 31.5 Å². The van der Waals surface area contributed by atoms with E-state index in [-0.39, 0.29) is 30.7 Å². The van der Waals surface area contributed by atoms with Crippen LogP contribution in [0.3, 0.4) is 0 Å². The molecular formula is C13H21Cl2N3O. The van der Waals surface area contributed by atoms with Gasteiger partial charge >= 0.3 is 0 Å². The standard InChI is InChI=1S/C13H19N3O.2ClH/c1-10-5-12(8-15-7-10)13(17)16-4-2-3-11(6-14)9-16;;/h5,7-8,11H,2-4,6,9,14H2,1H3;2*1H. The van der Waals surface area contributed by atoms with E-state index in [4.69, 9.17) is 5.73 Å². The fourth-order valence-corrected chi connectivity index (χ4v) is 2.30. The molecule has 2 heterocycles. The Morgan fingerprint density at radius 3 is 2.84 bits per heavy atom. The monoisotopic (exact) mass is 305 g/mol. The summed E-state index contributed by atoms with van der Waals surface area (Å²) >= 11 is 0. The molecule has 4 nitrogen and oxygen atoms in total. The minimum atomic E-state index is 0. The van der Waals surface area contributed by atoms with Gasteiger partial charge in [0.15, 0.2) is 0 Å². The first-order valence-corrected chi connectivity index (χ1v) is 6.11. The van der Waals surface area contributed by atoms with Crippen LogP contribution >= 0.6 is 24.8 Å². The molecule has 108 valence electrons. The number of nitrogens with two attached hydrogens (primary N) is 1. The van der Waals surface area contributed by atoms with E-state index in [0.29, 0.717) is 18.0 Å². The maximum absolute atomic E-state index is 12.3. The molecule has 1 amide bonds. The zero-order valence-corrected chi connectivity index (χ0v) is 12.7. The number of likely N-dealkylation sites (tertiary alicyclic amines) is 1. The van der Waals surface area contributed by atoms with E-state index in [1.54, 1.807) is 12.4 Å². The van der Waals surface area contributed by atoms with E-state index < -0.39 is 0 Å². The Bertz CT molecular complexity index is 415. The number of nitrogens with zero attached hydrogens (tertiary/aromatic N) is 2. The number of carbonyl (C=O) groups is 1. The van der Waals surface area contributed by atoms with Crippen LogP contribution in [0.2, 0.25) is 0 Å². The zero-order chi connectivity index (χ0) is 12.3. The van der Waals surface area contributed by atoms with Crippen molar-refractivity contribution in [2.45, 2.75) is 19.8 Å². The average molecular weight is 306 g/mol. The third-order valence-corrected chi connectivity index (χ3v) is 3.26. The van der Waals surface area contributed by atoms with Crippen molar-refractivity contribution in [2.24, 2.45) is 11.7 Å². The Balaban J connectivity index is 0.00000162. The van der Waals surface area contributed by atoms with E-state index >= 15 is 0 Å². The van der Waals surface area contributed by atoms with Crippen molar-refractivity contribution < 1.29 is 4.79 Å². The first-order chi connectivity index (χ1) is 8.20. The molecule has 1 fully saturated rings. The van der Waals surface area contributed by atoms with Crippen LogP contribution in [0.1, 0.15) is 28.8 Å².